The van der Waals surface area contributed by atoms with Crippen LogP contribution in [0, 0.1) is 39.0 Å². The van der Waals surface area contributed by atoms with E-state index in [9.17, 15) is 30.2 Å². The standard InChI is InChI=1S/C44H48N4O9S.C43H49N3O10S/c1-8-12-53-38-23(4)39-41(57-21-56-39)33-29-19-55-43(50)44(26-17-31(51-6)30(49)16-24(26)10-11-46-44)20-58-42(34(33)38)36-35-32-25(15-27(47(35)5)28(18-45)48(29)36)14-22(3)37(52-7)40(32)54-13-9-2;1-8-12-52-36-22(4)37-39(56-20-55-37)31-27-18-54-42(49)43(25-17-29(50-6)28(47)16-23(25)10-11-44-43)19-57-40(32(31)36)34-33-30-24(15-26(45(33)5)41(48)46(27)34)14-21(3)35(51-7)38(30)53-13-9-2/h8-9,14,16-17,27-29,35-36,42,46,49H,1-2,10-13,15,19-21H2,3-7H3;8-9,14,16-17,26-27,33-34,40-41,44,47-48H,1-2,10-13,15,18-20H2,3-7H3/t27-,28-,29-,35+,36?,42+,44+;26-,27-,33+,34?,40+,41-,43+/m00/s1. The molecule has 6 aromatic carbocycles. The molecule has 8 bridgehead atoms. The summed E-state index contributed by atoms with van der Waals surface area (Å²) in [5.41, 5.74) is 11.5. The molecule has 14 aliphatic heterocycles. The van der Waals surface area contributed by atoms with Crippen LogP contribution in [0.25, 0.3) is 0 Å². The van der Waals surface area contributed by atoms with E-state index in [4.69, 9.17) is 66.3 Å². The molecule has 14 heterocycles. The van der Waals surface area contributed by atoms with Gasteiger partial charge in [0, 0.05) is 87.2 Å². The summed E-state index contributed by atoms with van der Waals surface area (Å²) in [6, 6.07) is 10.1. The number of carbonyl (C=O) groups is 2. The van der Waals surface area contributed by atoms with Crippen molar-refractivity contribution in [2.45, 2.75) is 136 Å². The van der Waals surface area contributed by atoms with E-state index in [1.165, 1.54) is 14.2 Å². The lowest BCUT2D eigenvalue weighted by Crippen LogP contribution is -2.70. The maximum atomic E-state index is 14.9. The highest BCUT2D eigenvalue weighted by molar-refractivity contribution is 7.99. The first-order chi connectivity index (χ1) is 55.7. The maximum Gasteiger partial charge on any atom is 0.331 e. The van der Waals surface area contributed by atoms with Crippen molar-refractivity contribution in [2.75, 3.05) is 120 Å². The number of nitrogens with one attached hydrogen (secondary N) is 2. The molecular formula is C87H97N7O19S2. The highest BCUT2D eigenvalue weighted by atomic mass is 32.2. The SMILES string of the molecule is C=CCOc1c(C)c2c(c3c1[C@H]1SC[C@]4(NCCc5cc(O)c(OC)cc54)C(=O)OC[C@@H]3N3C1[C@H]1c4c(cc(C)c(OC)c4OCC=C)C[C@@H]([C@@H]3C#N)N1C)OCO2.C=CCOc1c(C)c2c(c3c1[C@H]1SC[C@]4(NCCc5cc(O)c(OC)cc54)C(=O)OC[C@@H]3N3C1[C@H]1c4c(cc(C)c(OC)c4OCC=C)C[C@@H]([C@@H]3O)N1C)OCO2. The maximum absolute atomic E-state index is 14.9. The van der Waals surface area contributed by atoms with E-state index < -0.39 is 63.9 Å². The smallest absolute Gasteiger partial charge is 0.331 e. The average Bonchev–Trinajstić information content (AvgIpc) is 1.42. The summed E-state index contributed by atoms with van der Waals surface area (Å²) >= 11 is 3.22. The fraction of sp³-hybridized carbons (Fsp3) is 0.460. The minimum Gasteiger partial charge on any atom is -0.504 e. The zero-order valence-corrected chi connectivity index (χ0v) is 67.9. The number of likely N-dealkylation sites (N-methyl/N-ethyl adjacent to an activating group) is 2. The molecule has 14 aliphatic rings. The van der Waals surface area contributed by atoms with Crippen LogP contribution in [0.1, 0.15) is 124 Å². The molecule has 0 aliphatic carbocycles. The normalized spacial score (nSPS) is 28.1. The van der Waals surface area contributed by atoms with Crippen LogP contribution in [0.2, 0.25) is 0 Å². The molecule has 0 saturated carbocycles. The third-order valence-electron chi connectivity index (χ3n) is 25.6. The lowest BCUT2D eigenvalue weighted by Gasteiger charge is -2.62. The van der Waals surface area contributed by atoms with Crippen LogP contribution >= 0.6 is 23.5 Å². The van der Waals surface area contributed by atoms with Gasteiger partial charge in [0.15, 0.2) is 80.1 Å². The first kappa shape index (κ1) is 77.9. The number of phenolic OH excluding ortho intramolecular Hbond substituents is 2. The van der Waals surface area contributed by atoms with Crippen LogP contribution in [0.5, 0.6) is 80.5 Å². The van der Waals surface area contributed by atoms with Gasteiger partial charge in [0.2, 0.25) is 13.6 Å². The number of methoxy groups -OCH3 is 4. The number of aliphatic hydroxyl groups is 1. The van der Waals surface area contributed by atoms with Crippen molar-refractivity contribution < 1.29 is 91.2 Å². The Bertz CT molecular complexity index is 5070. The minimum absolute atomic E-state index is 0.0109. The Kier molecular flexibility index (Phi) is 20.6. The second-order valence-electron chi connectivity index (χ2n) is 31.2. The summed E-state index contributed by atoms with van der Waals surface area (Å²) in [5.74, 6) is 6.36. The lowest BCUT2D eigenvalue weighted by atomic mass is 9.71. The largest absolute Gasteiger partial charge is 0.504 e. The third-order valence-corrected chi connectivity index (χ3v) is 28.5. The number of esters is 2. The second kappa shape index (κ2) is 30.4. The number of carbonyl (C=O) groups excluding carboxylic acids is 2. The van der Waals surface area contributed by atoms with E-state index in [0.717, 1.165) is 77.9 Å². The number of rotatable bonds is 16. The van der Waals surface area contributed by atoms with Crippen molar-refractivity contribution >= 4 is 35.5 Å². The molecule has 115 heavy (non-hydrogen) atoms. The van der Waals surface area contributed by atoms with Crippen LogP contribution in [-0.2, 0) is 55.8 Å². The molecule has 5 N–H and O–H groups in total. The Labute approximate surface area is 677 Å². The Morgan fingerprint density at radius 2 is 0.939 bits per heavy atom. The zero-order chi connectivity index (χ0) is 80.5. The number of nitriles is 1. The molecular weight excluding hydrogens is 1510 g/mol. The Hall–Kier alpha value is -9.67. The zero-order valence-electron chi connectivity index (χ0n) is 66.3. The number of piperazine rings is 2. The van der Waals surface area contributed by atoms with E-state index in [1.807, 2.05) is 27.7 Å². The lowest BCUT2D eigenvalue weighted by molar-refractivity contribution is -0.186. The van der Waals surface area contributed by atoms with Gasteiger partial charge < -0.3 is 81.6 Å². The number of aryl methyl sites for hydroxylation is 2. The second-order valence-corrected chi connectivity index (χ2v) is 33.5. The highest BCUT2D eigenvalue weighted by Crippen LogP contribution is 2.68. The van der Waals surface area contributed by atoms with Gasteiger partial charge in [0.25, 0.3) is 0 Å². The van der Waals surface area contributed by atoms with Crippen LogP contribution in [-0.4, -0.2) is 204 Å². The van der Waals surface area contributed by atoms with Gasteiger partial charge in [-0.25, -0.2) is 9.59 Å². The van der Waals surface area contributed by atoms with E-state index in [0.29, 0.717) is 107 Å². The first-order valence-electron chi connectivity index (χ1n) is 39.0. The number of aliphatic hydroxyl groups excluding tert-OH is 1. The summed E-state index contributed by atoms with van der Waals surface area (Å²) < 4.78 is 87.7. The van der Waals surface area contributed by atoms with Crippen molar-refractivity contribution in [2.24, 2.45) is 0 Å². The molecule has 0 aromatic heterocycles. The number of benzene rings is 6. The van der Waals surface area contributed by atoms with Crippen molar-refractivity contribution in [3.05, 3.63) is 176 Å². The van der Waals surface area contributed by atoms with Gasteiger partial charge in [-0.15, -0.1) is 23.5 Å². The van der Waals surface area contributed by atoms with Crippen LogP contribution in [0.15, 0.2) is 87.0 Å². The van der Waals surface area contributed by atoms with E-state index in [-0.39, 0.29) is 118 Å². The van der Waals surface area contributed by atoms with E-state index in [1.54, 1.807) is 86.3 Å². The van der Waals surface area contributed by atoms with Crippen molar-refractivity contribution in [1.82, 2.24) is 30.2 Å². The number of aromatic hydroxyl groups is 2. The molecule has 14 atom stereocenters. The highest BCUT2D eigenvalue weighted by Gasteiger charge is 2.65. The van der Waals surface area contributed by atoms with Crippen molar-refractivity contribution in [3.8, 4) is 86.6 Å². The molecule has 2 spiro atoms. The van der Waals surface area contributed by atoms with E-state index >= 15 is 0 Å². The van der Waals surface area contributed by atoms with E-state index in [2.05, 4.69) is 88.8 Å². The van der Waals surface area contributed by atoms with Crippen LogP contribution in [0.4, 0.5) is 0 Å². The molecule has 0 amide bonds. The topological polar surface area (TPSA) is 285 Å². The molecule has 0 radical (unpaired) electrons. The number of hydrogen-bond acceptors (Lipinski definition) is 28. The number of thioether (sulfide) groups is 2. The van der Waals surface area contributed by atoms with Crippen molar-refractivity contribution in [3.63, 3.8) is 0 Å². The summed E-state index contributed by atoms with van der Waals surface area (Å²) in [5, 5.41) is 52.0. The summed E-state index contributed by atoms with van der Waals surface area (Å²) in [7, 11) is 10.5. The van der Waals surface area contributed by atoms with Crippen LogP contribution in [0.3, 0.4) is 0 Å². The number of fused-ring (bicyclic) bond motifs is 18. The van der Waals surface area contributed by atoms with Crippen LogP contribution < -0.4 is 67.5 Å². The molecule has 4 saturated heterocycles. The fourth-order valence-electron chi connectivity index (χ4n) is 20.8. The number of ether oxygens (including phenoxy) is 14. The van der Waals surface area contributed by atoms with Gasteiger partial charge in [-0.2, -0.15) is 5.26 Å². The van der Waals surface area contributed by atoms with Gasteiger partial charge in [0.05, 0.1) is 75.2 Å². The summed E-state index contributed by atoms with van der Waals surface area (Å²) in [4.78, 5) is 38.7. The summed E-state index contributed by atoms with van der Waals surface area (Å²) in [6.07, 6.45) is 8.28. The number of hydrogen-bond donors (Lipinski definition) is 5. The molecule has 6 aromatic rings. The molecule has 606 valence electrons. The van der Waals surface area contributed by atoms with Gasteiger partial charge in [-0.05, 0) is 136 Å². The van der Waals surface area contributed by atoms with Crippen molar-refractivity contribution in [1.29, 1.82) is 5.26 Å². The molecule has 4 fully saturated rings. The number of nitrogens with zero attached hydrogens (tertiary/aromatic N) is 5. The van der Waals surface area contributed by atoms with Gasteiger partial charge in [-0.3, -0.25) is 30.2 Å². The quantitative estimate of drug-likeness (QED) is 0.0445. The molecule has 20 rings (SSSR count). The van der Waals surface area contributed by atoms with Gasteiger partial charge >= 0.3 is 11.9 Å². The third kappa shape index (κ3) is 11.8. The first-order valence-corrected chi connectivity index (χ1v) is 41.0. The monoisotopic (exact) mass is 1610 g/mol. The van der Waals surface area contributed by atoms with Gasteiger partial charge in [-0.1, -0.05) is 62.8 Å². The number of phenols is 2. The van der Waals surface area contributed by atoms with Gasteiger partial charge in [0.1, 0.15) is 63.4 Å². The molecule has 26 nitrogen and oxygen atoms in total. The average molecular weight is 1610 g/mol. The Morgan fingerprint density at radius 3 is 1.37 bits per heavy atom. The molecule has 28 heteroatoms. The fourth-order valence-corrected chi connectivity index (χ4v) is 24.2. The Balaban J connectivity index is 0.000000166. The molecule has 2 unspecified atom stereocenters. The Morgan fingerprint density at radius 1 is 0.530 bits per heavy atom. The minimum atomic E-state index is -1.30. The predicted octanol–water partition coefficient (Wildman–Crippen LogP) is 10.4. The predicted molar refractivity (Wildman–Crippen MR) is 429 cm³/mol. The summed E-state index contributed by atoms with van der Waals surface area (Å²) in [6.45, 7) is 25.6.